The van der Waals surface area contributed by atoms with Crippen molar-refractivity contribution in [1.82, 2.24) is 35.4 Å². The minimum absolute atomic E-state index is 0.0882. The van der Waals surface area contributed by atoms with E-state index in [1.807, 2.05) is 7.05 Å². The third-order valence-electron chi connectivity index (χ3n) is 4.70. The highest BCUT2D eigenvalue weighted by Gasteiger charge is 2.27. The molecule has 2 aromatic rings. The second-order valence-corrected chi connectivity index (χ2v) is 9.40. The van der Waals surface area contributed by atoms with Gasteiger partial charge in [-0.05, 0) is 7.05 Å². The first-order valence-electron chi connectivity index (χ1n) is 9.90. The molecule has 3 heterocycles. The van der Waals surface area contributed by atoms with Crippen LogP contribution < -0.4 is 16.0 Å². The predicted molar refractivity (Wildman–Crippen MR) is 128 cm³/mol. The molecular weight excluding hydrogens is 488 g/mol. The molecule has 0 aliphatic carbocycles. The van der Waals surface area contributed by atoms with Crippen molar-refractivity contribution in [3.8, 4) is 0 Å². The second kappa shape index (κ2) is 10.9. The van der Waals surface area contributed by atoms with Crippen molar-refractivity contribution in [2.24, 2.45) is 0 Å². The van der Waals surface area contributed by atoms with E-state index in [1.165, 1.54) is 28.6 Å². The highest BCUT2D eigenvalue weighted by atomic mass is 35.5. The number of carbonyl (C=O) groups is 3. The van der Waals surface area contributed by atoms with Gasteiger partial charge in [0.25, 0.3) is 11.8 Å². The third-order valence-corrected chi connectivity index (χ3v) is 6.30. The van der Waals surface area contributed by atoms with E-state index >= 15 is 0 Å². The van der Waals surface area contributed by atoms with Gasteiger partial charge in [-0.3, -0.25) is 14.4 Å². The Labute approximate surface area is 204 Å². The average Bonchev–Trinajstić information content (AvgIpc) is 3.20. The summed E-state index contributed by atoms with van der Waals surface area (Å²) in [4.78, 5) is 54.3. The predicted octanol–water partition coefficient (Wildman–Crippen LogP) is 0.317. The van der Waals surface area contributed by atoms with Gasteiger partial charge in [0, 0.05) is 45.0 Å². The molecule has 176 valence electrons. The van der Waals surface area contributed by atoms with Crippen LogP contribution in [0.2, 0.25) is 5.15 Å². The molecule has 3 N–H and O–H groups in total. The summed E-state index contributed by atoms with van der Waals surface area (Å²) in [6.07, 6.45) is 3.34. The molecule has 1 aliphatic heterocycles. The van der Waals surface area contributed by atoms with Crippen molar-refractivity contribution in [2.45, 2.75) is 19.0 Å². The molecule has 2 aromatic heterocycles. The highest BCUT2D eigenvalue weighted by Crippen LogP contribution is 2.24. The van der Waals surface area contributed by atoms with Crippen molar-refractivity contribution in [3.05, 3.63) is 33.1 Å². The summed E-state index contributed by atoms with van der Waals surface area (Å²) in [6, 6.07) is -0.961. The number of fused-ring (bicyclic) bond motifs is 1. The van der Waals surface area contributed by atoms with Crippen LogP contribution in [0.25, 0.3) is 0 Å². The number of nitrogens with one attached hydrogen (secondary N) is 3. The molecule has 3 rings (SSSR count). The Morgan fingerprint density at radius 2 is 2.06 bits per heavy atom. The van der Waals surface area contributed by atoms with Gasteiger partial charge < -0.3 is 25.8 Å². The zero-order valence-electron chi connectivity index (χ0n) is 18.2. The van der Waals surface area contributed by atoms with Gasteiger partial charge in [0.1, 0.15) is 11.2 Å². The summed E-state index contributed by atoms with van der Waals surface area (Å²) >= 11 is 12.1. The van der Waals surface area contributed by atoms with Gasteiger partial charge in [0.05, 0.1) is 18.1 Å². The zero-order valence-corrected chi connectivity index (χ0v) is 20.6. The lowest BCUT2D eigenvalue weighted by atomic mass is 10.2. The molecule has 0 radical (unpaired) electrons. The van der Waals surface area contributed by atoms with Crippen molar-refractivity contribution in [2.75, 3.05) is 39.5 Å². The summed E-state index contributed by atoms with van der Waals surface area (Å²) in [5.41, 5.74) is 0.917. The summed E-state index contributed by atoms with van der Waals surface area (Å²) in [5, 5.41) is 8.37. The lowest BCUT2D eigenvalue weighted by Gasteiger charge is -2.22. The average molecular weight is 511 g/mol. The maximum Gasteiger partial charge on any atom is 0.284 e. The number of halogens is 1. The SMILES string of the molecule is CN1CCc2nc(C(=O)NC(CNC(=S)C(=O)Nc3cnc(Cl)cn3)C(=O)N(C)C)sc2C1. The van der Waals surface area contributed by atoms with E-state index in [1.54, 1.807) is 14.1 Å². The first-order valence-corrected chi connectivity index (χ1v) is 11.5. The Morgan fingerprint density at radius 1 is 1.30 bits per heavy atom. The topological polar surface area (TPSA) is 132 Å². The maximum atomic E-state index is 12.8. The standard InChI is InChI=1S/C19H23ClN8O3S2/c1-27(2)19(31)11(6-23-17(32)15(29)26-14-8-21-13(20)7-22-14)24-16(30)18-25-10-4-5-28(3)9-12(10)33-18/h7-8,11H,4-6,9H2,1-3H3,(H,23,32)(H,24,30)(H,22,26,29). The zero-order chi connectivity index (χ0) is 24.1. The van der Waals surface area contributed by atoms with E-state index in [4.69, 9.17) is 23.8 Å². The van der Waals surface area contributed by atoms with Crippen LogP contribution in [0.15, 0.2) is 12.4 Å². The van der Waals surface area contributed by atoms with E-state index < -0.39 is 17.9 Å². The molecule has 0 aromatic carbocycles. The molecule has 0 saturated carbocycles. The van der Waals surface area contributed by atoms with Gasteiger partial charge in [-0.25, -0.2) is 15.0 Å². The van der Waals surface area contributed by atoms with Crippen molar-refractivity contribution in [1.29, 1.82) is 0 Å². The molecule has 0 fully saturated rings. The van der Waals surface area contributed by atoms with Gasteiger partial charge in [-0.15, -0.1) is 11.3 Å². The number of hydrogen-bond donors (Lipinski definition) is 3. The number of nitrogens with zero attached hydrogens (tertiary/aromatic N) is 5. The first kappa shape index (κ1) is 24.9. The molecule has 3 amide bonds. The van der Waals surface area contributed by atoms with Crippen LogP contribution in [0.4, 0.5) is 5.82 Å². The van der Waals surface area contributed by atoms with Gasteiger partial charge in [-0.1, -0.05) is 23.8 Å². The summed E-state index contributed by atoms with van der Waals surface area (Å²) < 4.78 is 0. The van der Waals surface area contributed by atoms with Crippen LogP contribution in [-0.4, -0.2) is 87.7 Å². The fourth-order valence-electron chi connectivity index (χ4n) is 2.98. The summed E-state index contributed by atoms with van der Waals surface area (Å²) in [7, 11) is 5.16. The monoisotopic (exact) mass is 510 g/mol. The second-order valence-electron chi connectivity index (χ2n) is 7.52. The van der Waals surface area contributed by atoms with E-state index in [0.29, 0.717) is 5.01 Å². The van der Waals surface area contributed by atoms with Crippen LogP contribution in [0.1, 0.15) is 20.4 Å². The van der Waals surface area contributed by atoms with Crippen molar-refractivity contribution >= 4 is 63.7 Å². The van der Waals surface area contributed by atoms with Gasteiger partial charge >= 0.3 is 0 Å². The molecule has 33 heavy (non-hydrogen) atoms. The molecule has 1 unspecified atom stereocenters. The number of amides is 3. The van der Waals surface area contributed by atoms with Gasteiger partial charge in [0.2, 0.25) is 5.91 Å². The fraction of sp³-hybridized carbons (Fsp3) is 0.421. The minimum atomic E-state index is -0.961. The van der Waals surface area contributed by atoms with E-state index in [-0.39, 0.29) is 28.4 Å². The number of anilines is 1. The first-order chi connectivity index (χ1) is 15.6. The Kier molecular flexibility index (Phi) is 8.24. The fourth-order valence-corrected chi connectivity index (χ4v) is 4.30. The van der Waals surface area contributed by atoms with Crippen LogP contribution in [0.5, 0.6) is 0 Å². The number of likely N-dealkylation sites (N-methyl/N-ethyl adjacent to an activating group) is 2. The molecule has 1 atom stereocenters. The minimum Gasteiger partial charge on any atom is -0.369 e. The lowest BCUT2D eigenvalue weighted by Crippen LogP contribution is -2.53. The normalized spacial score (nSPS) is 14.1. The number of rotatable bonds is 6. The quantitative estimate of drug-likeness (QED) is 0.470. The van der Waals surface area contributed by atoms with Crippen LogP contribution in [0.3, 0.4) is 0 Å². The number of hydrogen-bond acceptors (Lipinski definition) is 9. The Hall–Kier alpha value is -2.74. The van der Waals surface area contributed by atoms with E-state index in [2.05, 4.69) is 35.8 Å². The summed E-state index contributed by atoms with van der Waals surface area (Å²) in [5.74, 6) is -1.28. The Balaban J connectivity index is 1.62. The van der Waals surface area contributed by atoms with Crippen LogP contribution in [-0.2, 0) is 22.6 Å². The molecule has 0 saturated heterocycles. The third kappa shape index (κ3) is 6.63. The smallest absolute Gasteiger partial charge is 0.284 e. The molecule has 1 aliphatic rings. The molecule has 14 heteroatoms. The maximum absolute atomic E-state index is 12.8. The Morgan fingerprint density at radius 3 is 2.73 bits per heavy atom. The van der Waals surface area contributed by atoms with E-state index in [9.17, 15) is 14.4 Å². The number of aromatic nitrogens is 3. The molecule has 0 bridgehead atoms. The highest BCUT2D eigenvalue weighted by molar-refractivity contribution is 7.82. The summed E-state index contributed by atoms with van der Waals surface area (Å²) in [6.45, 7) is 1.53. The Bertz CT molecular complexity index is 1060. The largest absolute Gasteiger partial charge is 0.369 e. The van der Waals surface area contributed by atoms with Gasteiger partial charge in [0.15, 0.2) is 15.8 Å². The molecular formula is C19H23ClN8O3S2. The van der Waals surface area contributed by atoms with Crippen molar-refractivity contribution < 1.29 is 14.4 Å². The van der Waals surface area contributed by atoms with Crippen molar-refractivity contribution in [3.63, 3.8) is 0 Å². The molecule has 11 nitrogen and oxygen atoms in total. The molecule has 0 spiro atoms. The number of thiocarbonyl (C=S) groups is 1. The number of thiazole rings is 1. The number of carbonyl (C=O) groups excluding carboxylic acids is 3. The van der Waals surface area contributed by atoms with Crippen LogP contribution in [0, 0.1) is 0 Å². The van der Waals surface area contributed by atoms with Crippen LogP contribution >= 0.6 is 35.2 Å². The lowest BCUT2D eigenvalue weighted by molar-refractivity contribution is -0.130. The van der Waals surface area contributed by atoms with Gasteiger partial charge in [-0.2, -0.15) is 0 Å². The van der Waals surface area contributed by atoms with E-state index in [0.717, 1.165) is 30.1 Å².